The van der Waals surface area contributed by atoms with Gasteiger partial charge in [-0.05, 0) is 50.7 Å². The molecule has 3 aromatic rings. The summed E-state index contributed by atoms with van der Waals surface area (Å²) in [6, 6.07) is 12.8. The molecule has 0 atom stereocenters. The van der Waals surface area contributed by atoms with Crippen molar-refractivity contribution in [3.8, 4) is 0 Å². The second-order valence-corrected chi connectivity index (χ2v) is 6.76. The topological polar surface area (TPSA) is 61.2 Å². The van der Waals surface area contributed by atoms with E-state index in [2.05, 4.69) is 4.98 Å². The van der Waals surface area contributed by atoms with Crippen LogP contribution in [-0.4, -0.2) is 27.2 Å². The first-order chi connectivity index (χ1) is 12.5. The largest absolute Gasteiger partial charge is 0.462 e. The summed E-state index contributed by atoms with van der Waals surface area (Å²) >= 11 is 1.10. The molecule has 0 fully saturated rings. The molecule has 5 nitrogen and oxygen atoms in total. The minimum Gasteiger partial charge on any atom is -0.462 e. The fourth-order valence-corrected chi connectivity index (χ4v) is 3.57. The number of aromatic nitrogens is 2. The van der Waals surface area contributed by atoms with Crippen LogP contribution in [-0.2, 0) is 11.3 Å². The molecule has 134 valence electrons. The van der Waals surface area contributed by atoms with E-state index in [0.29, 0.717) is 35.0 Å². The second-order valence-electron chi connectivity index (χ2n) is 5.82. The molecule has 3 rings (SSSR count). The van der Waals surface area contributed by atoms with Crippen molar-refractivity contribution in [2.45, 2.75) is 32.5 Å². The Labute approximate surface area is 156 Å². The van der Waals surface area contributed by atoms with E-state index >= 15 is 0 Å². The molecule has 6 heteroatoms. The predicted molar refractivity (Wildman–Crippen MR) is 103 cm³/mol. The number of imidazole rings is 1. The highest BCUT2D eigenvalue weighted by Crippen LogP contribution is 2.27. The van der Waals surface area contributed by atoms with Gasteiger partial charge in [0.05, 0.1) is 23.2 Å². The number of nitrogens with zero attached hydrogens (tertiary/aromatic N) is 2. The van der Waals surface area contributed by atoms with Crippen LogP contribution in [0.3, 0.4) is 0 Å². The monoisotopic (exact) mass is 368 g/mol. The van der Waals surface area contributed by atoms with Crippen LogP contribution in [0.1, 0.15) is 40.1 Å². The van der Waals surface area contributed by atoms with E-state index < -0.39 is 0 Å². The van der Waals surface area contributed by atoms with Gasteiger partial charge in [0.2, 0.25) is 5.12 Å². The first kappa shape index (κ1) is 18.2. The summed E-state index contributed by atoms with van der Waals surface area (Å²) in [4.78, 5) is 29.1. The second kappa shape index (κ2) is 7.74. The van der Waals surface area contributed by atoms with Gasteiger partial charge in [-0.2, -0.15) is 0 Å². The van der Waals surface area contributed by atoms with Crippen LogP contribution < -0.4 is 0 Å². The molecule has 1 heterocycles. The van der Waals surface area contributed by atoms with Crippen molar-refractivity contribution in [2.24, 2.45) is 0 Å². The van der Waals surface area contributed by atoms with Crippen molar-refractivity contribution < 1.29 is 14.3 Å². The highest BCUT2D eigenvalue weighted by atomic mass is 32.2. The molecule has 0 spiro atoms. The Morgan fingerprint density at radius 3 is 2.42 bits per heavy atom. The average Bonchev–Trinajstić information content (AvgIpc) is 2.98. The van der Waals surface area contributed by atoms with Gasteiger partial charge < -0.3 is 9.30 Å². The molecular weight excluding hydrogens is 348 g/mol. The zero-order chi connectivity index (χ0) is 18.7. The van der Waals surface area contributed by atoms with Crippen molar-refractivity contribution in [3.63, 3.8) is 0 Å². The molecule has 0 saturated carbocycles. The molecule has 0 aliphatic carbocycles. The number of fused-ring (bicyclic) bond motifs is 1. The third kappa shape index (κ3) is 3.65. The number of hydrogen-bond acceptors (Lipinski definition) is 5. The van der Waals surface area contributed by atoms with Gasteiger partial charge in [0.15, 0.2) is 5.16 Å². The van der Waals surface area contributed by atoms with E-state index in [0.717, 1.165) is 22.8 Å². The normalized spacial score (nSPS) is 10.9. The van der Waals surface area contributed by atoms with Gasteiger partial charge in [0, 0.05) is 12.1 Å². The van der Waals surface area contributed by atoms with Crippen molar-refractivity contribution in [1.82, 2.24) is 9.55 Å². The first-order valence-electron chi connectivity index (χ1n) is 8.49. The highest BCUT2D eigenvalue weighted by molar-refractivity contribution is 8.14. The van der Waals surface area contributed by atoms with Gasteiger partial charge in [0.1, 0.15) is 0 Å². The van der Waals surface area contributed by atoms with Crippen LogP contribution in [0.15, 0.2) is 47.6 Å². The lowest BCUT2D eigenvalue weighted by molar-refractivity contribution is 0.0526. The van der Waals surface area contributed by atoms with E-state index in [1.165, 1.54) is 0 Å². The molecular formula is C20H20N2O3S. The van der Waals surface area contributed by atoms with Crippen LogP contribution in [0, 0.1) is 6.92 Å². The lowest BCUT2D eigenvalue weighted by atomic mass is 10.2. The SMILES string of the molecule is CCOC(=O)c1ccc2c(c1)nc(SC(=O)c1ccc(C)cc1)n2CC. The number of aryl methyl sites for hydroxylation is 2. The van der Waals surface area contributed by atoms with Crippen molar-refractivity contribution >= 4 is 33.9 Å². The van der Waals surface area contributed by atoms with Crippen LogP contribution in [0.2, 0.25) is 0 Å². The van der Waals surface area contributed by atoms with Gasteiger partial charge in [-0.15, -0.1) is 0 Å². The average molecular weight is 368 g/mol. The number of benzene rings is 2. The van der Waals surface area contributed by atoms with Crippen molar-refractivity contribution in [2.75, 3.05) is 6.61 Å². The minimum atomic E-state index is -0.370. The third-order valence-corrected chi connectivity index (χ3v) is 4.93. The summed E-state index contributed by atoms with van der Waals surface area (Å²) in [5.41, 5.74) is 3.78. The van der Waals surface area contributed by atoms with Gasteiger partial charge in [-0.25, -0.2) is 9.78 Å². The zero-order valence-electron chi connectivity index (χ0n) is 15.0. The third-order valence-electron chi connectivity index (χ3n) is 4.01. The molecule has 0 aliphatic rings. The fraction of sp³-hybridized carbons (Fsp3) is 0.250. The van der Waals surface area contributed by atoms with Crippen molar-refractivity contribution in [1.29, 1.82) is 0 Å². The maximum atomic E-state index is 12.6. The first-order valence-corrected chi connectivity index (χ1v) is 9.31. The molecule has 0 amide bonds. The van der Waals surface area contributed by atoms with E-state index in [1.54, 1.807) is 19.1 Å². The number of hydrogen-bond donors (Lipinski definition) is 0. The fourth-order valence-electron chi connectivity index (χ4n) is 2.66. The molecule has 0 unspecified atom stereocenters. The van der Waals surface area contributed by atoms with Crippen LogP contribution >= 0.6 is 11.8 Å². The molecule has 1 aromatic heterocycles. The van der Waals surface area contributed by atoms with Crippen LogP contribution in [0.25, 0.3) is 11.0 Å². The van der Waals surface area contributed by atoms with E-state index in [9.17, 15) is 9.59 Å². The maximum absolute atomic E-state index is 12.6. The van der Waals surface area contributed by atoms with Crippen molar-refractivity contribution in [3.05, 3.63) is 59.2 Å². The summed E-state index contributed by atoms with van der Waals surface area (Å²) < 4.78 is 7.01. The molecule has 0 radical (unpaired) electrons. The Kier molecular flexibility index (Phi) is 5.42. The highest BCUT2D eigenvalue weighted by Gasteiger charge is 2.17. The van der Waals surface area contributed by atoms with E-state index in [4.69, 9.17) is 4.74 Å². The summed E-state index contributed by atoms with van der Waals surface area (Å²) in [7, 11) is 0. The summed E-state index contributed by atoms with van der Waals surface area (Å²) in [5.74, 6) is -0.370. The number of esters is 1. The minimum absolute atomic E-state index is 0.0550. The van der Waals surface area contributed by atoms with E-state index in [1.807, 2.05) is 48.7 Å². The number of thioether (sulfide) groups is 1. The molecule has 0 bridgehead atoms. The maximum Gasteiger partial charge on any atom is 0.338 e. The molecule has 26 heavy (non-hydrogen) atoms. The standard InChI is InChI=1S/C20H20N2O3S/c1-4-22-17-11-10-15(18(23)25-5-2)12-16(17)21-20(22)26-19(24)14-8-6-13(3)7-9-14/h6-12H,4-5H2,1-3H3. The summed E-state index contributed by atoms with van der Waals surface area (Å²) in [5, 5.41) is 0.565. The Hall–Kier alpha value is -2.60. The smallest absolute Gasteiger partial charge is 0.338 e. The Bertz CT molecular complexity index is 961. The van der Waals surface area contributed by atoms with E-state index in [-0.39, 0.29) is 11.1 Å². The molecule has 0 saturated heterocycles. The molecule has 0 N–H and O–H groups in total. The number of rotatable bonds is 5. The van der Waals surface area contributed by atoms with Gasteiger partial charge >= 0.3 is 5.97 Å². The number of carbonyl (C=O) groups excluding carboxylic acids is 2. The summed E-state index contributed by atoms with van der Waals surface area (Å²) in [6.07, 6.45) is 0. The summed E-state index contributed by atoms with van der Waals surface area (Å²) in [6.45, 7) is 6.76. The lowest BCUT2D eigenvalue weighted by Gasteiger charge is -2.05. The molecule has 2 aromatic carbocycles. The Morgan fingerprint density at radius 2 is 1.77 bits per heavy atom. The number of ether oxygens (including phenoxy) is 1. The zero-order valence-corrected chi connectivity index (χ0v) is 15.8. The Morgan fingerprint density at radius 1 is 1.08 bits per heavy atom. The van der Waals surface area contributed by atoms with Gasteiger partial charge in [0.25, 0.3) is 0 Å². The lowest BCUT2D eigenvalue weighted by Crippen LogP contribution is -2.04. The quantitative estimate of drug-likeness (QED) is 0.491. The van der Waals surface area contributed by atoms with Gasteiger partial charge in [-0.1, -0.05) is 29.8 Å². The Balaban J connectivity index is 1.93. The van der Waals surface area contributed by atoms with Gasteiger partial charge in [-0.3, -0.25) is 4.79 Å². The number of carbonyl (C=O) groups is 2. The van der Waals surface area contributed by atoms with Crippen LogP contribution in [0.5, 0.6) is 0 Å². The molecule has 0 aliphatic heterocycles. The predicted octanol–water partition coefficient (Wildman–Crippen LogP) is 4.47. The van der Waals surface area contributed by atoms with Crippen LogP contribution in [0.4, 0.5) is 0 Å².